The van der Waals surface area contributed by atoms with Crippen molar-refractivity contribution in [2.24, 2.45) is 0 Å². The number of esters is 4. The fourth-order valence-corrected chi connectivity index (χ4v) is 2.95. The molecule has 2 rings (SSSR count). The summed E-state index contributed by atoms with van der Waals surface area (Å²) >= 11 is 0. The maximum Gasteiger partial charge on any atom is 0.303 e. The van der Waals surface area contributed by atoms with Crippen LogP contribution in [0.2, 0.25) is 0 Å². The molecule has 1 N–H and O–H groups in total. The monoisotopic (exact) mass is 441 g/mol. The molecule has 1 aromatic rings. The summed E-state index contributed by atoms with van der Waals surface area (Å²) in [4.78, 5) is 58.8. The molecule has 0 unspecified atom stereocenters. The molecule has 2 heterocycles. The van der Waals surface area contributed by atoms with Crippen LogP contribution in [0.5, 0.6) is 0 Å². The van der Waals surface area contributed by atoms with Crippen molar-refractivity contribution in [3.8, 4) is 0 Å². The van der Waals surface area contributed by atoms with Gasteiger partial charge in [0.05, 0.1) is 6.26 Å². The minimum Gasteiger partial charge on any atom is -0.463 e. The van der Waals surface area contributed by atoms with E-state index in [1.54, 1.807) is 0 Å². The van der Waals surface area contributed by atoms with Gasteiger partial charge < -0.3 is 33.4 Å². The molecule has 5 atom stereocenters. The molecule has 1 aliphatic heterocycles. The largest absolute Gasteiger partial charge is 0.463 e. The number of amides is 1. The van der Waals surface area contributed by atoms with E-state index in [4.69, 9.17) is 28.1 Å². The van der Waals surface area contributed by atoms with Crippen LogP contribution in [0, 0.1) is 0 Å². The fourth-order valence-electron chi connectivity index (χ4n) is 2.95. The highest BCUT2D eigenvalue weighted by atomic mass is 16.7. The molecule has 0 spiro atoms. The van der Waals surface area contributed by atoms with Gasteiger partial charge in [-0.1, -0.05) is 0 Å². The second-order valence-corrected chi connectivity index (χ2v) is 6.57. The predicted molar refractivity (Wildman–Crippen MR) is 98.1 cm³/mol. The third-order valence-corrected chi connectivity index (χ3v) is 4.01. The van der Waals surface area contributed by atoms with Gasteiger partial charge in [0.25, 0.3) is 5.91 Å². The van der Waals surface area contributed by atoms with Crippen LogP contribution in [0.1, 0.15) is 38.2 Å². The molecule has 0 saturated carbocycles. The molecule has 31 heavy (non-hydrogen) atoms. The Kier molecular flexibility index (Phi) is 8.14. The molecule has 0 radical (unpaired) electrons. The first kappa shape index (κ1) is 23.9. The Morgan fingerprint density at radius 1 is 0.871 bits per heavy atom. The standard InChI is InChI=1S/C19H23NO11/c1-9(21)27-8-14-15(28-10(2)22)16(29-11(3)23)17(30-12(4)24)19(31-14)20-18(25)13-6-5-7-26-13/h5-7,14-17,19H,8H2,1-4H3,(H,20,25)/t14-,15-,16+,17-,19-/m1/s1. The molecule has 1 saturated heterocycles. The highest BCUT2D eigenvalue weighted by Crippen LogP contribution is 2.28. The van der Waals surface area contributed by atoms with E-state index in [2.05, 4.69) is 5.32 Å². The molecular weight excluding hydrogens is 418 g/mol. The average molecular weight is 441 g/mol. The first-order chi connectivity index (χ1) is 14.6. The third kappa shape index (κ3) is 6.81. The van der Waals surface area contributed by atoms with Crippen molar-refractivity contribution in [2.75, 3.05) is 6.61 Å². The molecule has 0 bridgehead atoms. The minimum absolute atomic E-state index is 0.0622. The summed E-state index contributed by atoms with van der Waals surface area (Å²) in [6.45, 7) is 4.07. The smallest absolute Gasteiger partial charge is 0.303 e. The average Bonchev–Trinajstić information content (AvgIpc) is 3.18. The number of carbonyl (C=O) groups excluding carboxylic acids is 5. The van der Waals surface area contributed by atoms with E-state index in [1.165, 1.54) is 18.4 Å². The predicted octanol–water partition coefficient (Wildman–Crippen LogP) is 0.0925. The van der Waals surface area contributed by atoms with Crippen molar-refractivity contribution < 1.29 is 52.1 Å². The van der Waals surface area contributed by atoms with Crippen LogP contribution in [0.3, 0.4) is 0 Å². The SMILES string of the molecule is CC(=O)OC[C@H]1O[C@@H](NC(=O)c2ccco2)[C@H](OC(C)=O)[C@@H](OC(C)=O)[C@@H]1OC(C)=O. The van der Waals surface area contributed by atoms with Crippen LogP contribution in [-0.4, -0.2) is 67.0 Å². The Bertz CT molecular complexity index is 819. The van der Waals surface area contributed by atoms with E-state index in [9.17, 15) is 24.0 Å². The number of ether oxygens (including phenoxy) is 5. The number of hydrogen-bond donors (Lipinski definition) is 1. The van der Waals surface area contributed by atoms with E-state index in [-0.39, 0.29) is 5.76 Å². The first-order valence-electron chi connectivity index (χ1n) is 9.23. The molecule has 0 aliphatic carbocycles. The van der Waals surface area contributed by atoms with Crippen molar-refractivity contribution in [1.29, 1.82) is 0 Å². The zero-order valence-electron chi connectivity index (χ0n) is 17.3. The zero-order valence-corrected chi connectivity index (χ0v) is 17.3. The van der Waals surface area contributed by atoms with Crippen LogP contribution in [-0.2, 0) is 42.9 Å². The van der Waals surface area contributed by atoms with Crippen molar-refractivity contribution >= 4 is 29.8 Å². The highest BCUT2D eigenvalue weighted by Gasteiger charge is 2.52. The summed E-state index contributed by atoms with van der Waals surface area (Å²) < 4.78 is 31.5. The summed E-state index contributed by atoms with van der Waals surface area (Å²) in [6.07, 6.45) is -5.31. The van der Waals surface area contributed by atoms with E-state index >= 15 is 0 Å². The molecule has 170 valence electrons. The lowest BCUT2D eigenvalue weighted by atomic mass is 9.97. The zero-order chi connectivity index (χ0) is 23.1. The number of hydrogen-bond acceptors (Lipinski definition) is 11. The Labute approximate surface area is 177 Å². The maximum absolute atomic E-state index is 12.5. The summed E-state index contributed by atoms with van der Waals surface area (Å²) in [5.74, 6) is -3.73. The van der Waals surface area contributed by atoms with Gasteiger partial charge in [-0.05, 0) is 12.1 Å². The summed E-state index contributed by atoms with van der Waals surface area (Å²) in [5.41, 5.74) is 0. The van der Waals surface area contributed by atoms with Crippen molar-refractivity contribution in [1.82, 2.24) is 5.32 Å². The van der Waals surface area contributed by atoms with E-state index in [1.807, 2.05) is 0 Å². The number of carbonyl (C=O) groups is 5. The Hall–Kier alpha value is -3.41. The van der Waals surface area contributed by atoms with E-state index in [0.29, 0.717) is 0 Å². The lowest BCUT2D eigenvalue weighted by Crippen LogP contribution is -2.66. The van der Waals surface area contributed by atoms with Crippen molar-refractivity contribution in [3.63, 3.8) is 0 Å². The van der Waals surface area contributed by atoms with Gasteiger partial charge >= 0.3 is 23.9 Å². The Morgan fingerprint density at radius 3 is 1.97 bits per heavy atom. The molecular formula is C19H23NO11. The first-order valence-corrected chi connectivity index (χ1v) is 9.23. The van der Waals surface area contributed by atoms with Gasteiger partial charge in [0.15, 0.2) is 30.3 Å². The van der Waals surface area contributed by atoms with E-state index < -0.39 is 67.0 Å². The topological polar surface area (TPSA) is 157 Å². The highest BCUT2D eigenvalue weighted by molar-refractivity contribution is 5.91. The number of rotatable bonds is 7. The van der Waals surface area contributed by atoms with Gasteiger partial charge in [-0.3, -0.25) is 24.0 Å². The molecule has 0 aromatic carbocycles. The van der Waals surface area contributed by atoms with Gasteiger partial charge in [-0.15, -0.1) is 0 Å². The third-order valence-electron chi connectivity index (χ3n) is 4.01. The second kappa shape index (κ2) is 10.6. The fraction of sp³-hybridized carbons (Fsp3) is 0.526. The van der Waals surface area contributed by atoms with Crippen LogP contribution in [0.15, 0.2) is 22.8 Å². The van der Waals surface area contributed by atoms with E-state index in [0.717, 1.165) is 27.7 Å². The normalized spacial score (nSPS) is 25.1. The summed E-state index contributed by atoms with van der Waals surface area (Å²) in [6, 6.07) is 2.88. The summed E-state index contributed by atoms with van der Waals surface area (Å²) in [7, 11) is 0. The molecule has 1 fully saturated rings. The van der Waals surface area contributed by atoms with Gasteiger partial charge in [0.2, 0.25) is 0 Å². The van der Waals surface area contributed by atoms with Gasteiger partial charge in [-0.2, -0.15) is 0 Å². The lowest BCUT2D eigenvalue weighted by Gasteiger charge is -2.44. The second-order valence-electron chi connectivity index (χ2n) is 6.57. The molecule has 1 aliphatic rings. The van der Waals surface area contributed by atoms with Crippen LogP contribution in [0.4, 0.5) is 0 Å². The number of furan rings is 1. The van der Waals surface area contributed by atoms with Crippen LogP contribution >= 0.6 is 0 Å². The maximum atomic E-state index is 12.5. The minimum atomic E-state index is -1.39. The van der Waals surface area contributed by atoms with Crippen molar-refractivity contribution in [2.45, 2.75) is 58.3 Å². The Balaban J connectivity index is 2.41. The van der Waals surface area contributed by atoms with Crippen molar-refractivity contribution in [3.05, 3.63) is 24.2 Å². The molecule has 1 aromatic heterocycles. The van der Waals surface area contributed by atoms with Crippen LogP contribution < -0.4 is 5.32 Å². The Morgan fingerprint density at radius 2 is 1.45 bits per heavy atom. The quantitative estimate of drug-likeness (QED) is 0.452. The summed E-state index contributed by atoms with van der Waals surface area (Å²) in [5, 5.41) is 2.47. The molecule has 12 heteroatoms. The van der Waals surface area contributed by atoms with Gasteiger partial charge in [0.1, 0.15) is 12.7 Å². The van der Waals surface area contributed by atoms with Gasteiger partial charge in [-0.25, -0.2) is 0 Å². The molecule has 12 nitrogen and oxygen atoms in total. The lowest BCUT2D eigenvalue weighted by molar-refractivity contribution is -0.255. The van der Waals surface area contributed by atoms with Gasteiger partial charge in [0, 0.05) is 27.7 Å². The number of nitrogens with one attached hydrogen (secondary N) is 1. The van der Waals surface area contributed by atoms with Crippen LogP contribution in [0.25, 0.3) is 0 Å². The molecule has 1 amide bonds.